The number of carbonyl (C=O) groups is 1. The van der Waals surface area contributed by atoms with Crippen molar-refractivity contribution in [2.24, 2.45) is 11.1 Å². The molecule has 1 aromatic carbocycles. The van der Waals surface area contributed by atoms with Crippen LogP contribution in [-0.2, 0) is 16.6 Å². The van der Waals surface area contributed by atoms with Gasteiger partial charge in [-0.15, -0.1) is 0 Å². The third-order valence-corrected chi connectivity index (χ3v) is 8.73. The van der Waals surface area contributed by atoms with Gasteiger partial charge >= 0.3 is 0 Å². The number of aromatic nitrogens is 2. The zero-order valence-electron chi connectivity index (χ0n) is 21.6. The molecule has 9 heteroatoms. The molecule has 8 nitrogen and oxygen atoms in total. The average molecular weight is 512 g/mol. The maximum absolute atomic E-state index is 12.4. The number of amides is 1. The molecule has 1 fully saturated rings. The van der Waals surface area contributed by atoms with Gasteiger partial charge in [-0.05, 0) is 66.0 Å². The lowest BCUT2D eigenvalue weighted by Crippen LogP contribution is -2.38. The quantitative estimate of drug-likeness (QED) is 0.422. The van der Waals surface area contributed by atoms with Gasteiger partial charge in [0, 0.05) is 55.7 Å². The first-order chi connectivity index (χ1) is 17.0. The maximum atomic E-state index is 12.4. The highest BCUT2D eigenvalue weighted by Gasteiger charge is 2.29. The minimum absolute atomic E-state index is 0.120. The Morgan fingerprint density at radius 1 is 1.17 bits per heavy atom. The van der Waals surface area contributed by atoms with Crippen molar-refractivity contribution in [1.29, 1.82) is 0 Å². The van der Waals surface area contributed by atoms with Gasteiger partial charge in [0.25, 0.3) is 5.91 Å². The molecule has 0 bridgehead atoms. The Bertz CT molecular complexity index is 1350. The molecule has 0 radical (unpaired) electrons. The number of nitrogens with two attached hydrogens (primary N) is 1. The van der Waals surface area contributed by atoms with Gasteiger partial charge < -0.3 is 16.0 Å². The summed E-state index contributed by atoms with van der Waals surface area (Å²) in [5.74, 6) is -0.172. The van der Waals surface area contributed by atoms with Gasteiger partial charge in [0.05, 0.1) is 16.8 Å². The second kappa shape index (κ2) is 10.3. The molecule has 1 aliphatic rings. The Morgan fingerprint density at radius 2 is 1.89 bits per heavy atom. The molecule has 1 saturated heterocycles. The van der Waals surface area contributed by atoms with Crippen LogP contribution in [0, 0.1) is 5.41 Å². The predicted molar refractivity (Wildman–Crippen MR) is 144 cm³/mol. The van der Waals surface area contributed by atoms with Crippen molar-refractivity contribution in [2.75, 3.05) is 25.4 Å². The van der Waals surface area contributed by atoms with Gasteiger partial charge in [-0.25, -0.2) is 12.7 Å². The number of nitrogens with one attached hydrogen (secondary N) is 2. The third kappa shape index (κ3) is 5.79. The zero-order valence-corrected chi connectivity index (χ0v) is 22.4. The molecular weight excluding hydrogens is 474 g/mol. The van der Waals surface area contributed by atoms with Crippen molar-refractivity contribution in [1.82, 2.24) is 19.6 Å². The Balaban J connectivity index is 1.65. The lowest BCUT2D eigenvalue weighted by atomic mass is 9.88. The van der Waals surface area contributed by atoms with Crippen molar-refractivity contribution in [3.8, 4) is 11.1 Å². The fourth-order valence-electron chi connectivity index (χ4n) is 4.90. The number of aromatic amines is 1. The number of pyridine rings is 1. The number of hydrogen-bond acceptors (Lipinski definition) is 5. The summed E-state index contributed by atoms with van der Waals surface area (Å²) in [6, 6.07) is 6.01. The highest BCUT2D eigenvalue weighted by atomic mass is 32.2. The van der Waals surface area contributed by atoms with E-state index in [1.54, 1.807) is 17.4 Å². The number of nitrogens with zero attached hydrogens (tertiary/aromatic N) is 2. The van der Waals surface area contributed by atoms with E-state index < -0.39 is 15.9 Å². The molecule has 4 N–H and O–H groups in total. The number of benzene rings is 1. The standard InChI is InChI=1S/C27H37N5O3S/c1-5-36(34,35)32-8-6-19(7-9-32)24-16-31-25-22(24)11-20(12-23(25)26(28)33)21-10-18(13-29-15-21)14-30-17-27(2,3)4/h10-13,15-16,19,30-31H,5-9,14,17H2,1-4H3,(H2,28,33). The van der Waals surface area contributed by atoms with E-state index in [4.69, 9.17) is 5.73 Å². The molecule has 36 heavy (non-hydrogen) atoms. The van der Waals surface area contributed by atoms with Crippen molar-refractivity contribution < 1.29 is 13.2 Å². The van der Waals surface area contributed by atoms with Crippen LogP contribution in [0.4, 0.5) is 0 Å². The van der Waals surface area contributed by atoms with E-state index in [1.165, 1.54) is 0 Å². The van der Waals surface area contributed by atoms with Gasteiger partial charge in [-0.3, -0.25) is 9.78 Å². The lowest BCUT2D eigenvalue weighted by Gasteiger charge is -2.31. The average Bonchev–Trinajstić information content (AvgIpc) is 3.27. The van der Waals surface area contributed by atoms with E-state index >= 15 is 0 Å². The van der Waals surface area contributed by atoms with Gasteiger partial charge in [0.1, 0.15) is 0 Å². The van der Waals surface area contributed by atoms with Crippen LogP contribution in [-0.4, -0.2) is 54.0 Å². The van der Waals surface area contributed by atoms with Gasteiger partial charge in [0.15, 0.2) is 0 Å². The molecular formula is C27H37N5O3S. The van der Waals surface area contributed by atoms with Crippen LogP contribution in [0.25, 0.3) is 22.0 Å². The highest BCUT2D eigenvalue weighted by molar-refractivity contribution is 7.89. The van der Waals surface area contributed by atoms with Crippen LogP contribution in [0.1, 0.15) is 67.9 Å². The molecule has 3 aromatic rings. The number of sulfonamides is 1. The van der Waals surface area contributed by atoms with Crippen molar-refractivity contribution in [3.63, 3.8) is 0 Å². The smallest absolute Gasteiger partial charge is 0.250 e. The van der Waals surface area contributed by atoms with E-state index in [0.717, 1.165) is 52.5 Å². The molecule has 2 aromatic heterocycles. The van der Waals surface area contributed by atoms with Crippen LogP contribution in [0.5, 0.6) is 0 Å². The maximum Gasteiger partial charge on any atom is 0.250 e. The molecule has 194 valence electrons. The van der Waals surface area contributed by atoms with Crippen LogP contribution in [0.15, 0.2) is 36.8 Å². The molecule has 0 spiro atoms. The summed E-state index contributed by atoms with van der Waals surface area (Å²) in [4.78, 5) is 20.1. The molecule has 1 amide bonds. The fourth-order valence-corrected chi connectivity index (χ4v) is 6.04. The zero-order chi connectivity index (χ0) is 26.1. The van der Waals surface area contributed by atoms with E-state index in [2.05, 4.69) is 48.2 Å². The second-order valence-corrected chi connectivity index (χ2v) is 13.1. The van der Waals surface area contributed by atoms with Crippen molar-refractivity contribution in [3.05, 3.63) is 53.5 Å². The van der Waals surface area contributed by atoms with E-state index in [9.17, 15) is 13.2 Å². The van der Waals surface area contributed by atoms with Crippen LogP contribution >= 0.6 is 0 Å². The molecule has 4 rings (SSSR count). The Labute approximate surface area is 213 Å². The summed E-state index contributed by atoms with van der Waals surface area (Å²) >= 11 is 0. The summed E-state index contributed by atoms with van der Waals surface area (Å²) in [5.41, 5.74) is 11.1. The summed E-state index contributed by atoms with van der Waals surface area (Å²) in [6.07, 6.45) is 7.07. The second-order valence-electron chi connectivity index (χ2n) is 10.9. The molecule has 1 aliphatic heterocycles. The molecule has 0 aliphatic carbocycles. The molecule has 0 saturated carbocycles. The van der Waals surface area contributed by atoms with E-state index in [1.807, 2.05) is 18.5 Å². The Hall–Kier alpha value is -2.75. The van der Waals surface area contributed by atoms with Crippen molar-refractivity contribution in [2.45, 2.75) is 53.0 Å². The summed E-state index contributed by atoms with van der Waals surface area (Å²) in [5, 5.41) is 4.43. The highest BCUT2D eigenvalue weighted by Crippen LogP contribution is 2.37. The number of carbonyl (C=O) groups excluding carboxylic acids is 1. The van der Waals surface area contributed by atoms with Crippen LogP contribution in [0.2, 0.25) is 0 Å². The lowest BCUT2D eigenvalue weighted by molar-refractivity contribution is 0.100. The van der Waals surface area contributed by atoms with Crippen LogP contribution < -0.4 is 11.1 Å². The largest absolute Gasteiger partial charge is 0.366 e. The number of fused-ring (bicyclic) bond motifs is 1. The number of rotatable bonds is 8. The molecule has 0 atom stereocenters. The summed E-state index contributed by atoms with van der Waals surface area (Å²) in [6.45, 7) is 10.9. The van der Waals surface area contributed by atoms with Crippen molar-refractivity contribution >= 4 is 26.8 Å². The van der Waals surface area contributed by atoms with Crippen LogP contribution in [0.3, 0.4) is 0 Å². The predicted octanol–water partition coefficient (Wildman–Crippen LogP) is 3.99. The SMILES string of the molecule is CCS(=O)(=O)N1CCC(c2c[nH]c3c(C(N)=O)cc(-c4cncc(CNCC(C)(C)C)c4)cc23)CC1. The monoisotopic (exact) mass is 511 g/mol. The summed E-state index contributed by atoms with van der Waals surface area (Å²) in [7, 11) is -3.18. The van der Waals surface area contributed by atoms with E-state index in [0.29, 0.717) is 25.2 Å². The van der Waals surface area contributed by atoms with Gasteiger partial charge in [-0.1, -0.05) is 20.8 Å². The number of hydrogen-bond donors (Lipinski definition) is 3. The Morgan fingerprint density at radius 3 is 2.53 bits per heavy atom. The molecule has 0 unspecified atom stereocenters. The number of H-pyrrole nitrogens is 1. The first kappa shape index (κ1) is 26.3. The Kier molecular flexibility index (Phi) is 7.54. The summed E-state index contributed by atoms with van der Waals surface area (Å²) < 4.78 is 26.1. The first-order valence-corrected chi connectivity index (χ1v) is 14.2. The van der Waals surface area contributed by atoms with E-state index in [-0.39, 0.29) is 17.1 Å². The fraction of sp³-hybridized carbons (Fsp3) is 0.481. The first-order valence-electron chi connectivity index (χ1n) is 12.6. The third-order valence-electron chi connectivity index (χ3n) is 6.85. The van der Waals surface area contributed by atoms with Gasteiger partial charge in [-0.2, -0.15) is 0 Å². The number of piperidine rings is 1. The van der Waals surface area contributed by atoms with Gasteiger partial charge in [0.2, 0.25) is 10.0 Å². The topological polar surface area (TPSA) is 121 Å². The minimum Gasteiger partial charge on any atom is -0.366 e. The number of primary amides is 1. The normalized spacial score (nSPS) is 16.0. The molecule has 3 heterocycles. The minimum atomic E-state index is -3.18.